The molecule has 0 rings (SSSR count). The van der Waals surface area contributed by atoms with Gasteiger partial charge in [0.25, 0.3) is 0 Å². The molecule has 0 aliphatic rings. The average Bonchev–Trinajstić information content (AvgIpc) is 1.81. The quantitative estimate of drug-likeness (QED) is 0.659. The van der Waals surface area contributed by atoms with Gasteiger partial charge < -0.3 is 0 Å². The third kappa shape index (κ3) is 12.4. The summed E-state index contributed by atoms with van der Waals surface area (Å²) in [5, 5.41) is 0. The molecule has 0 atom stereocenters. The summed E-state index contributed by atoms with van der Waals surface area (Å²) in [4.78, 5) is 0. The number of hydrogen-bond donors (Lipinski definition) is 0. The van der Waals surface area contributed by atoms with Gasteiger partial charge in [0.15, 0.2) is 0 Å². The maximum atomic E-state index is 2.27. The van der Waals surface area contributed by atoms with Crippen LogP contribution in [0.1, 0.15) is 39.0 Å². The van der Waals surface area contributed by atoms with Gasteiger partial charge in [-0.2, -0.15) is 0 Å². The standard InChI is InChI=1S/C7H15.ClH.In.2H/c1-3-5-7-6-4-2;;;;/h1,3-7H2,2H3;1H;;;. The molecular weight excluding hydrogens is 234 g/mol. The molecule has 0 N–H and O–H groups in total. The second-order valence-corrected chi connectivity index (χ2v) is 5.27. The van der Waals surface area contributed by atoms with E-state index in [0.29, 0.717) is 0 Å². The Morgan fingerprint density at radius 2 is 1.56 bits per heavy atom. The largest absolute Gasteiger partial charge is 0.147 e. The van der Waals surface area contributed by atoms with Crippen molar-refractivity contribution >= 4 is 36.8 Å². The van der Waals surface area contributed by atoms with Crippen LogP contribution in [-0.4, -0.2) is 24.4 Å². The van der Waals surface area contributed by atoms with Crippen molar-refractivity contribution in [1.82, 2.24) is 0 Å². The van der Waals surface area contributed by atoms with Crippen LogP contribution in [0.3, 0.4) is 0 Å². The van der Waals surface area contributed by atoms with Crippen LogP contribution in [0.2, 0.25) is 4.18 Å². The monoisotopic (exact) mass is 252 g/mol. The predicted molar refractivity (Wildman–Crippen MR) is 49.4 cm³/mol. The Morgan fingerprint density at radius 1 is 1.00 bits per heavy atom. The molecule has 0 nitrogen and oxygen atoms in total. The molecule has 0 amide bonds. The number of rotatable bonds is 5. The fourth-order valence-electron chi connectivity index (χ4n) is 0.854. The second kappa shape index (κ2) is 11.9. The molecule has 0 bridgehead atoms. The van der Waals surface area contributed by atoms with Gasteiger partial charge in [-0.15, -0.1) is 12.4 Å². The van der Waals surface area contributed by atoms with Crippen LogP contribution in [0.25, 0.3) is 0 Å². The molecule has 0 heterocycles. The van der Waals surface area contributed by atoms with Gasteiger partial charge in [0.1, 0.15) is 0 Å². The summed E-state index contributed by atoms with van der Waals surface area (Å²) >= 11 is 0.973. The third-order valence-electron chi connectivity index (χ3n) is 1.46. The first-order valence-corrected chi connectivity index (χ1v) is 7.95. The van der Waals surface area contributed by atoms with Crippen molar-refractivity contribution < 1.29 is 0 Å². The molecule has 0 aliphatic heterocycles. The minimum Gasteiger partial charge on any atom is -0.147 e. The molecule has 0 unspecified atom stereocenters. The minimum atomic E-state index is 0. The zero-order chi connectivity index (χ0) is 6.24. The summed E-state index contributed by atoms with van der Waals surface area (Å²) in [7, 11) is 0. The predicted octanol–water partition coefficient (Wildman–Crippen LogP) is 2.43. The molecule has 0 aliphatic carbocycles. The van der Waals surface area contributed by atoms with E-state index in [1.807, 2.05) is 0 Å². The molecule has 2 heteroatoms. The van der Waals surface area contributed by atoms with Gasteiger partial charge in [0, 0.05) is 0 Å². The fourth-order valence-corrected chi connectivity index (χ4v) is 2.28. The van der Waals surface area contributed by atoms with E-state index < -0.39 is 0 Å². The fraction of sp³-hybridized carbons (Fsp3) is 1.00. The summed E-state index contributed by atoms with van der Waals surface area (Å²) in [6.07, 6.45) is 7.34. The SMILES string of the molecule is CCCCCC[CH2][InH2].Cl. The van der Waals surface area contributed by atoms with E-state index in [1.165, 1.54) is 32.1 Å². The molecule has 0 saturated heterocycles. The summed E-state index contributed by atoms with van der Waals surface area (Å²) in [5.74, 6) is 0. The number of unbranched alkanes of at least 4 members (excludes halogenated alkanes) is 4. The van der Waals surface area contributed by atoms with Crippen LogP contribution < -0.4 is 0 Å². The molecule has 0 spiro atoms. The van der Waals surface area contributed by atoms with Crippen LogP contribution in [0.4, 0.5) is 0 Å². The van der Waals surface area contributed by atoms with Gasteiger partial charge in [-0.3, -0.25) is 0 Å². The van der Waals surface area contributed by atoms with Crippen molar-refractivity contribution in [2.24, 2.45) is 0 Å². The topological polar surface area (TPSA) is 0 Å². The molecule has 0 aromatic carbocycles. The Labute approximate surface area is 79.8 Å². The summed E-state index contributed by atoms with van der Waals surface area (Å²) in [6, 6.07) is 0. The third-order valence-corrected chi connectivity index (χ3v) is 3.48. The molecule has 9 heavy (non-hydrogen) atoms. The number of halogens is 1. The van der Waals surface area contributed by atoms with Crippen LogP contribution >= 0.6 is 12.4 Å². The summed E-state index contributed by atoms with van der Waals surface area (Å²) in [6.45, 7) is 2.27. The van der Waals surface area contributed by atoms with E-state index in [-0.39, 0.29) is 12.4 Å². The van der Waals surface area contributed by atoms with E-state index in [2.05, 4.69) is 6.92 Å². The van der Waals surface area contributed by atoms with Gasteiger partial charge in [-0.05, 0) is 0 Å². The normalized spacial score (nSPS) is 8.56. The van der Waals surface area contributed by atoms with Crippen molar-refractivity contribution in [2.45, 2.75) is 43.2 Å². The maximum Gasteiger partial charge on any atom is -0.147 e. The minimum absolute atomic E-state index is 0. The van der Waals surface area contributed by atoms with Gasteiger partial charge in [0.05, 0.1) is 0 Å². The Bertz CT molecular complexity index is 33.9. The van der Waals surface area contributed by atoms with E-state index in [0.717, 1.165) is 24.4 Å². The van der Waals surface area contributed by atoms with Crippen LogP contribution in [0.5, 0.6) is 0 Å². The summed E-state index contributed by atoms with van der Waals surface area (Å²) < 4.78 is 1.57. The van der Waals surface area contributed by atoms with E-state index in [9.17, 15) is 0 Å². The van der Waals surface area contributed by atoms with Crippen molar-refractivity contribution in [1.29, 1.82) is 0 Å². The van der Waals surface area contributed by atoms with Crippen molar-refractivity contribution in [2.75, 3.05) is 0 Å². The smallest absolute Gasteiger partial charge is 0.147 e. The first-order valence-electron chi connectivity index (χ1n) is 3.91. The first-order chi connectivity index (χ1) is 3.91. The zero-order valence-electron chi connectivity index (χ0n) is 6.65. The molecule has 0 saturated carbocycles. The van der Waals surface area contributed by atoms with E-state index in [4.69, 9.17) is 0 Å². The number of hydrogen-bond acceptors (Lipinski definition) is 0. The van der Waals surface area contributed by atoms with Crippen molar-refractivity contribution in [3.05, 3.63) is 0 Å². The van der Waals surface area contributed by atoms with E-state index in [1.54, 1.807) is 4.18 Å². The first kappa shape index (κ1) is 12.8. The molecule has 0 aromatic heterocycles. The van der Waals surface area contributed by atoms with Crippen molar-refractivity contribution in [3.63, 3.8) is 0 Å². The van der Waals surface area contributed by atoms with Crippen LogP contribution in [0, 0.1) is 0 Å². The molecule has 0 fully saturated rings. The van der Waals surface area contributed by atoms with Gasteiger partial charge in [-0.1, -0.05) is 0 Å². The molecular formula is C7H18ClIn. The van der Waals surface area contributed by atoms with Crippen LogP contribution in [-0.2, 0) is 0 Å². The average molecular weight is 252 g/mol. The van der Waals surface area contributed by atoms with Gasteiger partial charge in [0.2, 0.25) is 0 Å². The Morgan fingerprint density at radius 3 is 2.00 bits per heavy atom. The maximum absolute atomic E-state index is 2.27. The van der Waals surface area contributed by atoms with Gasteiger partial charge >= 0.3 is 67.6 Å². The van der Waals surface area contributed by atoms with E-state index >= 15 is 0 Å². The molecule has 56 valence electrons. The zero-order valence-corrected chi connectivity index (χ0v) is 13.2. The van der Waals surface area contributed by atoms with Gasteiger partial charge in [-0.25, -0.2) is 0 Å². The molecule has 0 radical (unpaired) electrons. The van der Waals surface area contributed by atoms with Crippen LogP contribution in [0.15, 0.2) is 0 Å². The Hall–Kier alpha value is 1.16. The van der Waals surface area contributed by atoms with Crippen molar-refractivity contribution in [3.8, 4) is 0 Å². The second-order valence-electron chi connectivity index (χ2n) is 2.41. The molecule has 0 aromatic rings. The Kier molecular flexibility index (Phi) is 16.9. The Balaban J connectivity index is 0. The summed E-state index contributed by atoms with van der Waals surface area (Å²) in [5.41, 5.74) is 0.